The fraction of sp³-hybridized carbons (Fsp3) is 0. The Morgan fingerprint density at radius 3 is 1.35 bits per heavy atom. The summed E-state index contributed by atoms with van der Waals surface area (Å²) in [6.07, 6.45) is 0. The van der Waals surface area contributed by atoms with E-state index >= 15 is 0 Å². The molecule has 0 aliphatic heterocycles. The van der Waals surface area contributed by atoms with E-state index in [4.69, 9.17) is 0 Å². The minimum absolute atomic E-state index is 1.23. The van der Waals surface area contributed by atoms with E-state index in [9.17, 15) is 0 Å². The molecule has 1 aromatic heterocycles. The van der Waals surface area contributed by atoms with Gasteiger partial charge in [-0.1, -0.05) is 182 Å². The molecule has 0 fully saturated rings. The molecule has 0 N–H and O–H groups in total. The van der Waals surface area contributed by atoms with Crippen LogP contribution in [0.4, 0.5) is 0 Å². The molecule has 1 aliphatic rings. The standard InChI is InChI=1S/C56H34S/c1-5-16-35(17-6-1)39-28-31-50-47(32-39)49-34-40(36-18-7-2-8-19-36)33-48(56(49)57-50)41-29-30-46-53-42(41)26-15-27-45(53)54-51(37-20-9-3-10-21-37)43-24-13-14-25-44(43)52(55(46)54)38-22-11-4-12-23-38/h1-34H. The van der Waals surface area contributed by atoms with Crippen molar-refractivity contribution in [2.45, 2.75) is 0 Å². The quantitative estimate of drug-likeness (QED) is 0.165. The van der Waals surface area contributed by atoms with E-state index in [-0.39, 0.29) is 0 Å². The van der Waals surface area contributed by atoms with Crippen LogP contribution in [0.3, 0.4) is 0 Å². The minimum atomic E-state index is 1.23. The fourth-order valence-corrected chi connectivity index (χ4v) is 10.7. The van der Waals surface area contributed by atoms with Crippen molar-refractivity contribution < 1.29 is 0 Å². The number of rotatable bonds is 5. The first-order chi connectivity index (χ1) is 28.3. The number of thiophene rings is 1. The van der Waals surface area contributed by atoms with Crippen molar-refractivity contribution in [2.75, 3.05) is 0 Å². The van der Waals surface area contributed by atoms with Crippen molar-refractivity contribution in [1.29, 1.82) is 0 Å². The Bertz CT molecular complexity index is 3270. The molecule has 0 bridgehead atoms. The highest BCUT2D eigenvalue weighted by Crippen LogP contribution is 2.59. The van der Waals surface area contributed by atoms with Gasteiger partial charge >= 0.3 is 0 Å². The normalized spacial score (nSPS) is 11.9. The Morgan fingerprint density at radius 1 is 0.246 bits per heavy atom. The lowest BCUT2D eigenvalue weighted by Crippen LogP contribution is -1.93. The molecule has 0 radical (unpaired) electrons. The molecule has 1 heteroatoms. The third kappa shape index (κ3) is 4.93. The minimum Gasteiger partial charge on any atom is -0.135 e. The molecule has 0 atom stereocenters. The van der Waals surface area contributed by atoms with Crippen molar-refractivity contribution in [1.82, 2.24) is 0 Å². The lowest BCUT2D eigenvalue weighted by Gasteiger charge is -2.20. The van der Waals surface area contributed by atoms with Gasteiger partial charge in [0.15, 0.2) is 0 Å². The molecule has 57 heavy (non-hydrogen) atoms. The summed E-state index contributed by atoms with van der Waals surface area (Å²) in [6, 6.07) is 76.3. The van der Waals surface area contributed by atoms with Crippen molar-refractivity contribution in [3.8, 4) is 77.9 Å². The van der Waals surface area contributed by atoms with Gasteiger partial charge in [0.1, 0.15) is 0 Å². The highest BCUT2D eigenvalue weighted by molar-refractivity contribution is 7.26. The smallest absolute Gasteiger partial charge is 0.0434 e. The van der Waals surface area contributed by atoms with Crippen LogP contribution in [0, 0.1) is 0 Å². The van der Waals surface area contributed by atoms with Crippen LogP contribution in [0.15, 0.2) is 206 Å². The molecule has 0 amide bonds. The molecule has 10 aromatic carbocycles. The number of benzene rings is 10. The van der Waals surface area contributed by atoms with Crippen LogP contribution in [-0.4, -0.2) is 0 Å². The molecule has 1 heterocycles. The summed E-state index contributed by atoms with van der Waals surface area (Å²) in [5, 5.41) is 7.80. The van der Waals surface area contributed by atoms with Crippen molar-refractivity contribution in [3.63, 3.8) is 0 Å². The summed E-state index contributed by atoms with van der Waals surface area (Å²) in [6.45, 7) is 0. The molecule has 0 saturated heterocycles. The third-order valence-corrected chi connectivity index (χ3v) is 13.2. The van der Waals surface area contributed by atoms with Gasteiger partial charge in [-0.05, 0) is 118 Å². The zero-order chi connectivity index (χ0) is 37.5. The SMILES string of the molecule is c1ccc(-c2ccc3sc4c(-c5ccc6c7c(cccc57)-c5c-6c(-c6ccccc6)c6ccccc6c5-c5ccccc5)cc(-c5ccccc5)cc4c3c2)cc1. The molecule has 0 saturated carbocycles. The van der Waals surface area contributed by atoms with Gasteiger partial charge in [0.2, 0.25) is 0 Å². The Hall–Kier alpha value is -7.06. The fourth-order valence-electron chi connectivity index (χ4n) is 9.53. The predicted molar refractivity (Wildman–Crippen MR) is 246 cm³/mol. The highest BCUT2D eigenvalue weighted by Gasteiger charge is 2.31. The second-order valence-electron chi connectivity index (χ2n) is 15.1. The Labute approximate surface area is 335 Å². The number of hydrogen-bond acceptors (Lipinski definition) is 1. The number of hydrogen-bond donors (Lipinski definition) is 0. The van der Waals surface area contributed by atoms with Gasteiger partial charge < -0.3 is 0 Å². The molecule has 0 spiro atoms. The van der Waals surface area contributed by atoms with E-state index in [1.165, 1.54) is 120 Å². The molecular weight excluding hydrogens is 705 g/mol. The van der Waals surface area contributed by atoms with Crippen LogP contribution in [0.5, 0.6) is 0 Å². The summed E-state index contributed by atoms with van der Waals surface area (Å²) in [7, 11) is 0. The van der Waals surface area contributed by atoms with Gasteiger partial charge in [0.25, 0.3) is 0 Å². The van der Waals surface area contributed by atoms with Gasteiger partial charge in [-0.3, -0.25) is 0 Å². The second kappa shape index (κ2) is 12.7. The van der Waals surface area contributed by atoms with Crippen LogP contribution in [0.1, 0.15) is 0 Å². The predicted octanol–water partition coefficient (Wildman–Crippen LogP) is 16.3. The molecule has 12 rings (SSSR count). The summed E-state index contributed by atoms with van der Waals surface area (Å²) in [4.78, 5) is 0. The van der Waals surface area contributed by atoms with Crippen LogP contribution in [0.25, 0.3) is 120 Å². The third-order valence-electron chi connectivity index (χ3n) is 12.0. The average Bonchev–Trinajstić information content (AvgIpc) is 3.83. The van der Waals surface area contributed by atoms with Crippen molar-refractivity contribution >= 4 is 53.1 Å². The first-order valence-corrected chi connectivity index (χ1v) is 20.5. The van der Waals surface area contributed by atoms with Gasteiger partial charge in [-0.25, -0.2) is 0 Å². The Morgan fingerprint density at radius 2 is 0.737 bits per heavy atom. The van der Waals surface area contributed by atoms with Crippen LogP contribution in [0.2, 0.25) is 0 Å². The summed E-state index contributed by atoms with van der Waals surface area (Å²) in [5.74, 6) is 0. The lowest BCUT2D eigenvalue weighted by atomic mass is 9.82. The Kier molecular flexibility index (Phi) is 7.20. The Balaban J connectivity index is 1.18. The maximum atomic E-state index is 2.44. The maximum Gasteiger partial charge on any atom is 0.0434 e. The van der Waals surface area contributed by atoms with E-state index in [1.54, 1.807) is 0 Å². The molecule has 0 unspecified atom stereocenters. The maximum absolute atomic E-state index is 2.44. The van der Waals surface area contributed by atoms with E-state index in [2.05, 4.69) is 206 Å². The van der Waals surface area contributed by atoms with E-state index in [1.807, 2.05) is 11.3 Å². The van der Waals surface area contributed by atoms with Gasteiger partial charge in [0, 0.05) is 25.7 Å². The number of fused-ring (bicyclic) bond motifs is 7. The summed E-state index contributed by atoms with van der Waals surface area (Å²) in [5.41, 5.74) is 17.9. The summed E-state index contributed by atoms with van der Waals surface area (Å²) >= 11 is 1.91. The van der Waals surface area contributed by atoms with E-state index < -0.39 is 0 Å². The molecule has 264 valence electrons. The zero-order valence-corrected chi connectivity index (χ0v) is 31.9. The van der Waals surface area contributed by atoms with Crippen LogP contribution in [-0.2, 0) is 0 Å². The molecule has 0 nitrogen and oxygen atoms in total. The van der Waals surface area contributed by atoms with E-state index in [0.717, 1.165) is 0 Å². The average molecular weight is 739 g/mol. The highest BCUT2D eigenvalue weighted by atomic mass is 32.1. The van der Waals surface area contributed by atoms with Gasteiger partial charge in [0.05, 0.1) is 0 Å². The molecule has 11 aromatic rings. The van der Waals surface area contributed by atoms with Crippen LogP contribution < -0.4 is 0 Å². The van der Waals surface area contributed by atoms with Gasteiger partial charge in [-0.15, -0.1) is 11.3 Å². The van der Waals surface area contributed by atoms with Crippen molar-refractivity contribution in [3.05, 3.63) is 206 Å². The lowest BCUT2D eigenvalue weighted by molar-refractivity contribution is 1.62. The van der Waals surface area contributed by atoms with Crippen LogP contribution >= 0.6 is 11.3 Å². The molecular formula is C56H34S. The zero-order valence-electron chi connectivity index (χ0n) is 31.0. The summed E-state index contributed by atoms with van der Waals surface area (Å²) < 4.78 is 2.63. The second-order valence-corrected chi connectivity index (χ2v) is 16.2. The molecule has 1 aliphatic carbocycles. The topological polar surface area (TPSA) is 0 Å². The first-order valence-electron chi connectivity index (χ1n) is 19.7. The monoisotopic (exact) mass is 738 g/mol. The van der Waals surface area contributed by atoms with Crippen molar-refractivity contribution in [2.24, 2.45) is 0 Å². The first kappa shape index (κ1) is 32.2. The largest absolute Gasteiger partial charge is 0.135 e. The van der Waals surface area contributed by atoms with E-state index in [0.29, 0.717) is 0 Å². The van der Waals surface area contributed by atoms with Gasteiger partial charge in [-0.2, -0.15) is 0 Å².